The predicted octanol–water partition coefficient (Wildman–Crippen LogP) is 2.53. The van der Waals surface area contributed by atoms with E-state index in [-0.39, 0.29) is 18.2 Å². The molecule has 2 fully saturated rings. The van der Waals surface area contributed by atoms with E-state index in [0.717, 1.165) is 50.4 Å². The van der Waals surface area contributed by atoms with Gasteiger partial charge in [-0.15, -0.1) is 0 Å². The maximum Gasteiger partial charge on any atom is 0.324 e. The van der Waals surface area contributed by atoms with E-state index < -0.39 is 0 Å². The standard InChI is InChI=1S/C19H28N2O5S/c1-27-21-19(22)20-6-4-2-3-5-14-7-15(23-10-17-12-25-17)9-16(8-14)24-11-18-13-26-18/h7-9,17-18H,2-6,10-13H2,1H3,(H2,20,21,22). The third kappa shape index (κ3) is 8.28. The van der Waals surface area contributed by atoms with E-state index in [1.807, 2.05) is 12.3 Å². The molecule has 1 aromatic rings. The molecule has 2 saturated heterocycles. The van der Waals surface area contributed by atoms with Crippen molar-refractivity contribution in [2.75, 3.05) is 39.2 Å². The van der Waals surface area contributed by atoms with Crippen molar-refractivity contribution in [3.63, 3.8) is 0 Å². The number of carbonyl (C=O) groups is 1. The Labute approximate surface area is 164 Å². The fourth-order valence-electron chi connectivity index (χ4n) is 2.61. The van der Waals surface area contributed by atoms with Crippen LogP contribution in [0.4, 0.5) is 4.79 Å². The number of hydrogen-bond donors (Lipinski definition) is 2. The van der Waals surface area contributed by atoms with Crippen LogP contribution in [0.3, 0.4) is 0 Å². The lowest BCUT2D eigenvalue weighted by atomic mass is 10.1. The molecule has 2 unspecified atom stereocenters. The second-order valence-electron chi connectivity index (χ2n) is 6.72. The number of hydrogen-bond acceptors (Lipinski definition) is 6. The van der Waals surface area contributed by atoms with Gasteiger partial charge in [-0.3, -0.25) is 4.72 Å². The number of carbonyl (C=O) groups excluding carboxylic acids is 1. The summed E-state index contributed by atoms with van der Waals surface area (Å²) in [5.41, 5.74) is 1.20. The van der Waals surface area contributed by atoms with Crippen LogP contribution in [-0.2, 0) is 15.9 Å². The number of epoxide rings is 2. The van der Waals surface area contributed by atoms with E-state index in [2.05, 4.69) is 22.2 Å². The second kappa shape index (κ2) is 10.6. The largest absolute Gasteiger partial charge is 0.491 e. The van der Waals surface area contributed by atoms with Crippen LogP contribution in [0.25, 0.3) is 0 Å². The first-order valence-corrected chi connectivity index (χ1v) is 10.6. The molecule has 2 heterocycles. The minimum Gasteiger partial charge on any atom is -0.491 e. The van der Waals surface area contributed by atoms with Gasteiger partial charge in [0.05, 0.1) is 13.2 Å². The van der Waals surface area contributed by atoms with Crippen LogP contribution in [0.2, 0.25) is 0 Å². The van der Waals surface area contributed by atoms with E-state index in [4.69, 9.17) is 18.9 Å². The zero-order chi connectivity index (χ0) is 18.9. The van der Waals surface area contributed by atoms with E-state index in [9.17, 15) is 4.79 Å². The summed E-state index contributed by atoms with van der Waals surface area (Å²) in [6, 6.07) is 5.95. The average Bonchev–Trinajstić information content (AvgIpc) is 3.56. The number of urea groups is 1. The van der Waals surface area contributed by atoms with Gasteiger partial charge in [-0.25, -0.2) is 4.79 Å². The van der Waals surface area contributed by atoms with Crippen molar-refractivity contribution in [1.29, 1.82) is 0 Å². The summed E-state index contributed by atoms with van der Waals surface area (Å²) in [5.74, 6) is 1.65. The molecule has 7 nitrogen and oxygen atoms in total. The fraction of sp³-hybridized carbons (Fsp3) is 0.632. The lowest BCUT2D eigenvalue weighted by Gasteiger charge is -2.12. The molecular weight excluding hydrogens is 368 g/mol. The number of unbranched alkanes of at least 4 members (excludes halogenated alkanes) is 2. The normalized spacial score (nSPS) is 20.0. The highest BCUT2D eigenvalue weighted by Crippen LogP contribution is 2.26. The Morgan fingerprint density at radius 3 is 2.26 bits per heavy atom. The first-order valence-electron chi connectivity index (χ1n) is 9.42. The van der Waals surface area contributed by atoms with Crippen molar-refractivity contribution in [1.82, 2.24) is 10.0 Å². The van der Waals surface area contributed by atoms with Crippen LogP contribution in [0.15, 0.2) is 18.2 Å². The molecule has 2 N–H and O–H groups in total. The third-order valence-corrected chi connectivity index (χ3v) is 4.63. The summed E-state index contributed by atoms with van der Waals surface area (Å²) in [6.07, 6.45) is 6.29. The smallest absolute Gasteiger partial charge is 0.324 e. The Hall–Kier alpha value is -1.64. The van der Waals surface area contributed by atoms with Gasteiger partial charge in [0.15, 0.2) is 0 Å². The van der Waals surface area contributed by atoms with Crippen LogP contribution in [-0.4, -0.2) is 57.5 Å². The van der Waals surface area contributed by atoms with Crippen molar-refractivity contribution in [3.05, 3.63) is 23.8 Å². The van der Waals surface area contributed by atoms with Gasteiger partial charge in [0, 0.05) is 18.9 Å². The number of ether oxygens (including phenoxy) is 4. The summed E-state index contributed by atoms with van der Waals surface area (Å²) in [4.78, 5) is 11.3. The van der Waals surface area contributed by atoms with Crippen molar-refractivity contribution in [2.24, 2.45) is 0 Å². The number of amides is 2. The van der Waals surface area contributed by atoms with Gasteiger partial charge in [0.1, 0.15) is 36.9 Å². The maximum absolute atomic E-state index is 11.3. The van der Waals surface area contributed by atoms with Crippen molar-refractivity contribution in [3.8, 4) is 11.5 Å². The maximum atomic E-state index is 11.3. The van der Waals surface area contributed by atoms with Gasteiger partial charge in [0.25, 0.3) is 0 Å². The molecule has 1 aromatic carbocycles. The zero-order valence-corrected chi connectivity index (χ0v) is 16.5. The highest BCUT2D eigenvalue weighted by atomic mass is 32.2. The van der Waals surface area contributed by atoms with E-state index in [1.54, 1.807) is 0 Å². The van der Waals surface area contributed by atoms with Crippen molar-refractivity contribution >= 4 is 18.0 Å². The molecule has 0 saturated carbocycles. The molecule has 150 valence electrons. The topological polar surface area (TPSA) is 84.7 Å². The molecular formula is C19H28N2O5S. The minimum atomic E-state index is -0.131. The lowest BCUT2D eigenvalue weighted by Crippen LogP contribution is -2.31. The van der Waals surface area contributed by atoms with Crippen LogP contribution in [0.1, 0.15) is 24.8 Å². The van der Waals surface area contributed by atoms with Crippen molar-refractivity contribution < 1.29 is 23.7 Å². The lowest BCUT2D eigenvalue weighted by molar-refractivity contribution is 0.246. The first kappa shape index (κ1) is 20.1. The molecule has 0 aliphatic carbocycles. The quantitative estimate of drug-likeness (QED) is 0.303. The molecule has 0 spiro atoms. The molecule has 2 aliphatic rings. The van der Waals surface area contributed by atoms with Gasteiger partial charge < -0.3 is 24.3 Å². The highest BCUT2D eigenvalue weighted by molar-refractivity contribution is 7.97. The van der Waals surface area contributed by atoms with Gasteiger partial charge in [-0.2, -0.15) is 0 Å². The van der Waals surface area contributed by atoms with E-state index >= 15 is 0 Å². The second-order valence-corrected chi connectivity index (χ2v) is 7.33. The van der Waals surface area contributed by atoms with E-state index in [0.29, 0.717) is 19.8 Å². The monoisotopic (exact) mass is 396 g/mol. The van der Waals surface area contributed by atoms with Crippen LogP contribution in [0.5, 0.6) is 11.5 Å². The predicted molar refractivity (Wildman–Crippen MR) is 105 cm³/mol. The first-order chi connectivity index (χ1) is 13.2. The molecule has 2 aliphatic heterocycles. The molecule has 0 bridgehead atoms. The van der Waals surface area contributed by atoms with E-state index in [1.165, 1.54) is 17.5 Å². The average molecular weight is 397 g/mol. The summed E-state index contributed by atoms with van der Waals surface area (Å²) < 4.78 is 24.7. The van der Waals surface area contributed by atoms with Crippen LogP contribution >= 0.6 is 11.9 Å². The third-order valence-electron chi connectivity index (χ3n) is 4.24. The molecule has 0 aromatic heterocycles. The SMILES string of the molecule is CSNC(=O)NCCCCCc1cc(OCC2CO2)cc(OCC2CO2)c1. The highest BCUT2D eigenvalue weighted by Gasteiger charge is 2.24. The number of benzene rings is 1. The molecule has 0 radical (unpaired) electrons. The molecule has 2 atom stereocenters. The van der Waals surface area contributed by atoms with Crippen LogP contribution in [0, 0.1) is 0 Å². The minimum absolute atomic E-state index is 0.131. The zero-order valence-electron chi connectivity index (χ0n) is 15.7. The van der Waals surface area contributed by atoms with Crippen LogP contribution < -0.4 is 19.5 Å². The van der Waals surface area contributed by atoms with Gasteiger partial charge in [-0.1, -0.05) is 18.4 Å². The Balaban J connectivity index is 1.41. The molecule has 27 heavy (non-hydrogen) atoms. The number of aryl methyl sites for hydroxylation is 1. The number of rotatable bonds is 13. The summed E-state index contributed by atoms with van der Waals surface area (Å²) >= 11 is 1.30. The molecule has 8 heteroatoms. The number of nitrogens with one attached hydrogen (secondary N) is 2. The summed E-state index contributed by atoms with van der Waals surface area (Å²) in [6.45, 7) is 3.42. The van der Waals surface area contributed by atoms with Gasteiger partial charge in [-0.05, 0) is 37.0 Å². The van der Waals surface area contributed by atoms with Gasteiger partial charge >= 0.3 is 6.03 Å². The Kier molecular flexibility index (Phi) is 7.92. The van der Waals surface area contributed by atoms with Gasteiger partial charge in [0.2, 0.25) is 0 Å². The Bertz CT molecular complexity index is 574. The fourth-order valence-corrected chi connectivity index (χ4v) is 2.87. The Morgan fingerprint density at radius 2 is 1.70 bits per heavy atom. The summed E-state index contributed by atoms with van der Waals surface area (Å²) in [5, 5.41) is 2.83. The Morgan fingerprint density at radius 1 is 1.07 bits per heavy atom. The molecule has 3 rings (SSSR count). The molecule has 2 amide bonds. The summed E-state index contributed by atoms with van der Waals surface area (Å²) in [7, 11) is 0. The van der Waals surface area contributed by atoms with Crippen molar-refractivity contribution in [2.45, 2.75) is 37.9 Å².